The van der Waals surface area contributed by atoms with Gasteiger partial charge in [0.25, 0.3) is 5.56 Å². The van der Waals surface area contributed by atoms with E-state index in [1.54, 1.807) is 0 Å². The molecule has 3 aromatic rings. The lowest BCUT2D eigenvalue weighted by Crippen LogP contribution is -2.35. The first-order valence-electron chi connectivity index (χ1n) is 8.01. The molecule has 6 nitrogen and oxygen atoms in total. The van der Waals surface area contributed by atoms with Crippen molar-refractivity contribution in [2.45, 2.75) is 19.5 Å². The average molecular weight is 321 g/mol. The van der Waals surface area contributed by atoms with Crippen LogP contribution < -0.4 is 11.3 Å². The minimum absolute atomic E-state index is 0.0358. The Balaban J connectivity index is 1.64. The first-order valence-corrected chi connectivity index (χ1v) is 8.01. The first-order chi connectivity index (χ1) is 11.7. The Labute approximate surface area is 139 Å². The molecule has 0 radical (unpaired) electrons. The van der Waals surface area contributed by atoms with Crippen LogP contribution in [0.15, 0.2) is 47.4 Å². The van der Waals surface area contributed by atoms with E-state index in [0.29, 0.717) is 18.1 Å². The summed E-state index contributed by atoms with van der Waals surface area (Å²) in [5, 5.41) is 0. The van der Waals surface area contributed by atoms with Crippen LogP contribution in [0.5, 0.6) is 0 Å². The number of fused-ring (bicyclic) bond motifs is 1. The molecule has 3 heterocycles. The first kappa shape index (κ1) is 14.7. The predicted molar refractivity (Wildman–Crippen MR) is 93.3 cm³/mol. The molecule has 0 unspecified atom stereocenters. The maximum absolute atomic E-state index is 12.4. The summed E-state index contributed by atoms with van der Waals surface area (Å²) in [6.45, 7) is 2.37. The third kappa shape index (κ3) is 2.83. The number of nitrogens with two attached hydrogens (primary N) is 1. The third-order valence-electron chi connectivity index (χ3n) is 4.39. The van der Waals surface area contributed by atoms with Gasteiger partial charge in [-0.25, -0.2) is 4.98 Å². The number of nitrogens with zero attached hydrogens (tertiary/aromatic N) is 2. The third-order valence-corrected chi connectivity index (χ3v) is 4.39. The maximum atomic E-state index is 12.4. The number of nitrogen functional groups attached to an aromatic ring is 1. The van der Waals surface area contributed by atoms with E-state index in [2.05, 4.69) is 20.9 Å². The SMILES string of the molecule is Nc1ccc(-c2nc3c(c(=O)[nH]2)CCN(Cc2ccc[nH]2)C3)cc1. The number of anilines is 1. The van der Waals surface area contributed by atoms with Crippen molar-refractivity contribution in [3.63, 3.8) is 0 Å². The van der Waals surface area contributed by atoms with Crippen LogP contribution >= 0.6 is 0 Å². The van der Waals surface area contributed by atoms with E-state index in [-0.39, 0.29) is 5.56 Å². The van der Waals surface area contributed by atoms with Gasteiger partial charge < -0.3 is 15.7 Å². The van der Waals surface area contributed by atoms with Gasteiger partial charge in [-0.1, -0.05) is 0 Å². The molecule has 4 N–H and O–H groups in total. The van der Waals surface area contributed by atoms with Gasteiger partial charge in [-0.05, 0) is 42.8 Å². The molecule has 2 aromatic heterocycles. The number of H-pyrrole nitrogens is 2. The normalized spacial score (nSPS) is 14.5. The fourth-order valence-electron chi connectivity index (χ4n) is 3.11. The van der Waals surface area contributed by atoms with E-state index in [1.807, 2.05) is 36.5 Å². The van der Waals surface area contributed by atoms with Gasteiger partial charge in [0.15, 0.2) is 0 Å². The predicted octanol–water partition coefficient (Wildman–Crippen LogP) is 1.91. The van der Waals surface area contributed by atoms with Crippen LogP contribution in [0.25, 0.3) is 11.4 Å². The van der Waals surface area contributed by atoms with Crippen molar-refractivity contribution in [2.75, 3.05) is 12.3 Å². The van der Waals surface area contributed by atoms with Crippen molar-refractivity contribution in [1.82, 2.24) is 19.9 Å². The number of aromatic nitrogens is 3. The van der Waals surface area contributed by atoms with Crippen molar-refractivity contribution >= 4 is 5.69 Å². The van der Waals surface area contributed by atoms with Crippen molar-refractivity contribution in [3.8, 4) is 11.4 Å². The highest BCUT2D eigenvalue weighted by Crippen LogP contribution is 2.20. The minimum atomic E-state index is -0.0358. The summed E-state index contributed by atoms with van der Waals surface area (Å²) in [6.07, 6.45) is 2.65. The molecule has 122 valence electrons. The van der Waals surface area contributed by atoms with Gasteiger partial charge in [0.1, 0.15) is 5.82 Å². The maximum Gasteiger partial charge on any atom is 0.254 e. The molecule has 0 fully saturated rings. The summed E-state index contributed by atoms with van der Waals surface area (Å²) >= 11 is 0. The zero-order valence-corrected chi connectivity index (χ0v) is 13.2. The molecular weight excluding hydrogens is 302 g/mol. The van der Waals surface area contributed by atoms with E-state index >= 15 is 0 Å². The van der Waals surface area contributed by atoms with Gasteiger partial charge in [-0.3, -0.25) is 9.69 Å². The summed E-state index contributed by atoms with van der Waals surface area (Å²) in [5.41, 5.74) is 10.1. The Morgan fingerprint density at radius 2 is 2.04 bits per heavy atom. The molecule has 24 heavy (non-hydrogen) atoms. The lowest BCUT2D eigenvalue weighted by molar-refractivity contribution is 0.238. The largest absolute Gasteiger partial charge is 0.399 e. The van der Waals surface area contributed by atoms with Crippen molar-refractivity contribution in [3.05, 3.63) is 69.9 Å². The standard InChI is InChI=1S/C18H19N5O/c19-13-5-3-12(4-6-13)17-21-16-11-23(10-14-2-1-8-20-14)9-7-15(16)18(24)22-17/h1-6,8,20H,7,9-11,19H2,(H,21,22,24). The number of hydrogen-bond acceptors (Lipinski definition) is 4. The Kier molecular flexibility index (Phi) is 3.66. The summed E-state index contributed by atoms with van der Waals surface area (Å²) in [5.74, 6) is 0.598. The van der Waals surface area contributed by atoms with Crippen molar-refractivity contribution < 1.29 is 0 Å². The molecule has 1 aliphatic rings. The Morgan fingerprint density at radius 1 is 1.21 bits per heavy atom. The summed E-state index contributed by atoms with van der Waals surface area (Å²) in [7, 11) is 0. The summed E-state index contributed by atoms with van der Waals surface area (Å²) < 4.78 is 0. The van der Waals surface area contributed by atoms with Crippen LogP contribution in [0.4, 0.5) is 5.69 Å². The minimum Gasteiger partial charge on any atom is -0.399 e. The molecular formula is C18H19N5O. The fourth-order valence-corrected chi connectivity index (χ4v) is 3.11. The summed E-state index contributed by atoms with van der Waals surface area (Å²) in [6, 6.07) is 11.4. The Morgan fingerprint density at radius 3 is 2.79 bits per heavy atom. The zero-order chi connectivity index (χ0) is 16.5. The van der Waals surface area contributed by atoms with Gasteiger partial charge in [0.05, 0.1) is 5.69 Å². The van der Waals surface area contributed by atoms with E-state index in [9.17, 15) is 4.79 Å². The van der Waals surface area contributed by atoms with Crippen LogP contribution in [-0.2, 0) is 19.5 Å². The van der Waals surface area contributed by atoms with Crippen LogP contribution in [-0.4, -0.2) is 26.4 Å². The summed E-state index contributed by atoms with van der Waals surface area (Å²) in [4.78, 5) is 25.5. The average Bonchev–Trinajstić information content (AvgIpc) is 3.08. The molecule has 0 saturated carbocycles. The van der Waals surface area contributed by atoms with Gasteiger partial charge in [0.2, 0.25) is 0 Å². The molecule has 0 saturated heterocycles. The molecule has 0 aliphatic carbocycles. The molecule has 4 rings (SSSR count). The highest BCUT2D eigenvalue weighted by Gasteiger charge is 2.21. The van der Waals surface area contributed by atoms with Crippen molar-refractivity contribution in [1.29, 1.82) is 0 Å². The quantitative estimate of drug-likeness (QED) is 0.643. The topological polar surface area (TPSA) is 90.8 Å². The number of aromatic amines is 2. The monoisotopic (exact) mass is 321 g/mol. The zero-order valence-electron chi connectivity index (χ0n) is 13.2. The number of benzene rings is 1. The highest BCUT2D eigenvalue weighted by atomic mass is 16.1. The van der Waals surface area contributed by atoms with E-state index < -0.39 is 0 Å². The molecule has 0 amide bonds. The van der Waals surface area contributed by atoms with E-state index in [0.717, 1.165) is 36.3 Å². The molecule has 0 atom stereocenters. The number of nitrogens with one attached hydrogen (secondary N) is 2. The van der Waals surface area contributed by atoms with Crippen LogP contribution in [0.3, 0.4) is 0 Å². The van der Waals surface area contributed by atoms with Gasteiger partial charge in [-0.15, -0.1) is 0 Å². The molecule has 6 heteroatoms. The number of rotatable bonds is 3. The van der Waals surface area contributed by atoms with E-state index in [4.69, 9.17) is 10.7 Å². The lowest BCUT2D eigenvalue weighted by atomic mass is 10.1. The van der Waals surface area contributed by atoms with Crippen LogP contribution in [0.1, 0.15) is 17.0 Å². The second-order valence-electron chi connectivity index (χ2n) is 6.12. The molecule has 1 aliphatic heterocycles. The second kappa shape index (κ2) is 5.98. The Hall–Kier alpha value is -2.86. The lowest BCUT2D eigenvalue weighted by Gasteiger charge is -2.27. The van der Waals surface area contributed by atoms with Gasteiger partial charge in [-0.2, -0.15) is 0 Å². The van der Waals surface area contributed by atoms with Gasteiger partial charge >= 0.3 is 0 Å². The highest BCUT2D eigenvalue weighted by molar-refractivity contribution is 5.58. The van der Waals surface area contributed by atoms with Gasteiger partial charge in [0, 0.05) is 48.3 Å². The smallest absolute Gasteiger partial charge is 0.254 e. The second-order valence-corrected chi connectivity index (χ2v) is 6.12. The van der Waals surface area contributed by atoms with Crippen LogP contribution in [0, 0.1) is 0 Å². The molecule has 0 spiro atoms. The van der Waals surface area contributed by atoms with Crippen LogP contribution in [0.2, 0.25) is 0 Å². The van der Waals surface area contributed by atoms with E-state index in [1.165, 1.54) is 5.69 Å². The molecule has 0 bridgehead atoms. The van der Waals surface area contributed by atoms with Crippen molar-refractivity contribution in [2.24, 2.45) is 0 Å². The Bertz CT molecular complexity index is 896. The molecule has 1 aromatic carbocycles. The number of hydrogen-bond donors (Lipinski definition) is 3. The fraction of sp³-hybridized carbons (Fsp3) is 0.222.